The lowest BCUT2D eigenvalue weighted by Crippen LogP contribution is -2.46. The van der Waals surface area contributed by atoms with Gasteiger partial charge >= 0.3 is 8.09 Å². The Kier molecular flexibility index (Phi) is 6.15. The fourth-order valence-electron chi connectivity index (χ4n) is 1.97. The van der Waals surface area contributed by atoms with Crippen LogP contribution in [0, 0.1) is 5.41 Å². The summed E-state index contributed by atoms with van der Waals surface area (Å²) in [7, 11) is -3.23. The Balaban J connectivity index is 2.85. The molecular weight excluding hydrogens is 261 g/mol. The van der Waals surface area contributed by atoms with Crippen molar-refractivity contribution in [3.63, 3.8) is 0 Å². The molecule has 1 saturated heterocycles. The maximum absolute atomic E-state index is 12.9. The Morgan fingerprint density at radius 1 is 1.37 bits per heavy atom. The standard InChI is InChI=1S/C14H26NO3P/c1-6-9-13(8-3)15(10-7-2)19(16)17-11-14(4,5)12-18-19/h7-8,13H,2-3,6,9-12H2,1,4-5H3. The minimum absolute atomic E-state index is 0.0185. The fraction of sp³-hybridized carbons (Fsp3) is 0.714. The van der Waals surface area contributed by atoms with Gasteiger partial charge in [0.15, 0.2) is 0 Å². The molecule has 110 valence electrons. The SMILES string of the molecule is C=CCN(C(C=C)CCC)[P+]1([O-])OCC(C)(C)CO1. The molecule has 1 atom stereocenters. The summed E-state index contributed by atoms with van der Waals surface area (Å²) >= 11 is 0. The second-order valence-corrected chi connectivity index (χ2v) is 7.65. The van der Waals surface area contributed by atoms with Gasteiger partial charge in [-0.25, -0.2) is 0 Å². The van der Waals surface area contributed by atoms with Crippen molar-refractivity contribution >= 4 is 8.09 Å². The molecule has 5 heteroatoms. The fourth-order valence-corrected chi connectivity index (χ4v) is 4.26. The number of rotatable bonds is 7. The molecule has 0 aliphatic carbocycles. The molecule has 0 N–H and O–H groups in total. The lowest BCUT2D eigenvalue weighted by atomic mass is 9.97. The summed E-state index contributed by atoms with van der Waals surface area (Å²) in [5.41, 5.74) is -0.0950. The molecule has 19 heavy (non-hydrogen) atoms. The van der Waals surface area contributed by atoms with Crippen LogP contribution in [0.2, 0.25) is 0 Å². The first-order chi connectivity index (χ1) is 8.88. The molecule has 0 saturated carbocycles. The van der Waals surface area contributed by atoms with Crippen molar-refractivity contribution in [2.24, 2.45) is 5.41 Å². The first-order valence-corrected chi connectivity index (χ1v) is 8.28. The van der Waals surface area contributed by atoms with E-state index in [0.717, 1.165) is 12.8 Å². The second-order valence-electron chi connectivity index (χ2n) is 5.68. The van der Waals surface area contributed by atoms with Gasteiger partial charge in [0.05, 0.1) is 12.6 Å². The number of nitrogens with zero attached hydrogens (tertiary/aromatic N) is 1. The number of hydrogen-bond acceptors (Lipinski definition) is 4. The Labute approximate surface area is 117 Å². The van der Waals surface area contributed by atoms with E-state index >= 15 is 0 Å². The van der Waals surface area contributed by atoms with Crippen molar-refractivity contribution in [1.29, 1.82) is 0 Å². The molecule has 1 aliphatic heterocycles. The van der Waals surface area contributed by atoms with Gasteiger partial charge in [-0.3, -0.25) is 0 Å². The largest absolute Gasteiger partial charge is 0.616 e. The van der Waals surface area contributed by atoms with E-state index in [9.17, 15) is 4.89 Å². The molecule has 0 bridgehead atoms. The van der Waals surface area contributed by atoms with Gasteiger partial charge in [0.1, 0.15) is 13.2 Å². The Bertz CT molecular complexity index is 310. The van der Waals surface area contributed by atoms with E-state index in [1.165, 1.54) is 0 Å². The maximum atomic E-state index is 12.9. The predicted octanol–water partition coefficient (Wildman–Crippen LogP) is 2.94. The summed E-state index contributed by atoms with van der Waals surface area (Å²) in [4.78, 5) is 12.9. The molecule has 0 aromatic rings. The summed E-state index contributed by atoms with van der Waals surface area (Å²) in [6.45, 7) is 15.0. The van der Waals surface area contributed by atoms with Crippen LogP contribution >= 0.6 is 8.09 Å². The van der Waals surface area contributed by atoms with Crippen LogP contribution < -0.4 is 4.89 Å². The van der Waals surface area contributed by atoms with E-state index in [4.69, 9.17) is 9.05 Å². The van der Waals surface area contributed by atoms with E-state index < -0.39 is 8.09 Å². The van der Waals surface area contributed by atoms with Gasteiger partial charge in [-0.05, 0) is 6.42 Å². The van der Waals surface area contributed by atoms with E-state index in [0.29, 0.717) is 19.8 Å². The van der Waals surface area contributed by atoms with Gasteiger partial charge in [-0.1, -0.05) is 39.3 Å². The Morgan fingerprint density at radius 3 is 2.37 bits per heavy atom. The van der Waals surface area contributed by atoms with Crippen molar-refractivity contribution in [3.8, 4) is 0 Å². The molecule has 1 fully saturated rings. The van der Waals surface area contributed by atoms with Gasteiger partial charge in [-0.15, -0.1) is 17.8 Å². The van der Waals surface area contributed by atoms with Crippen LogP contribution in [0.3, 0.4) is 0 Å². The molecule has 0 amide bonds. The second kappa shape index (κ2) is 6.96. The van der Waals surface area contributed by atoms with Crippen LogP contribution in [0.1, 0.15) is 33.6 Å². The van der Waals surface area contributed by atoms with Gasteiger partial charge in [0, 0.05) is 5.41 Å². The first kappa shape index (κ1) is 16.8. The Hall–Kier alpha value is -0.250. The molecule has 0 radical (unpaired) electrons. The van der Waals surface area contributed by atoms with Crippen LogP contribution in [0.25, 0.3) is 0 Å². The van der Waals surface area contributed by atoms with Crippen molar-refractivity contribution < 1.29 is 13.9 Å². The summed E-state index contributed by atoms with van der Waals surface area (Å²) < 4.78 is 12.9. The van der Waals surface area contributed by atoms with E-state index in [1.807, 2.05) is 13.8 Å². The smallest absolute Gasteiger partial charge is 0.315 e. The van der Waals surface area contributed by atoms with Gasteiger partial charge < -0.3 is 4.89 Å². The average molecular weight is 287 g/mol. The lowest BCUT2D eigenvalue weighted by Gasteiger charge is -2.44. The quantitative estimate of drug-likeness (QED) is 0.533. The highest BCUT2D eigenvalue weighted by atomic mass is 31.2. The molecule has 1 aliphatic rings. The zero-order valence-corrected chi connectivity index (χ0v) is 13.2. The summed E-state index contributed by atoms with van der Waals surface area (Å²) in [6.07, 6.45) is 5.38. The molecule has 0 spiro atoms. The topological polar surface area (TPSA) is 44.8 Å². The first-order valence-electron chi connectivity index (χ1n) is 6.78. The molecule has 1 rings (SSSR count). The molecule has 0 aromatic heterocycles. The zero-order chi connectivity index (χ0) is 14.5. The highest BCUT2D eigenvalue weighted by Crippen LogP contribution is 2.61. The van der Waals surface area contributed by atoms with Crippen molar-refractivity contribution in [2.75, 3.05) is 19.8 Å². The molecular formula is C14H26NO3P. The highest BCUT2D eigenvalue weighted by Gasteiger charge is 2.48. The molecule has 1 heterocycles. The highest BCUT2D eigenvalue weighted by molar-refractivity contribution is 7.56. The minimum atomic E-state index is -3.23. The third-order valence-corrected chi connectivity index (χ3v) is 5.11. The molecule has 1 unspecified atom stereocenters. The monoisotopic (exact) mass is 287 g/mol. The number of hydrogen-bond donors (Lipinski definition) is 0. The summed E-state index contributed by atoms with van der Waals surface area (Å²) in [5.74, 6) is 0. The van der Waals surface area contributed by atoms with Crippen LogP contribution in [0.4, 0.5) is 0 Å². The normalized spacial score (nSPS) is 23.0. The average Bonchev–Trinajstić information content (AvgIpc) is 2.38. The predicted molar refractivity (Wildman–Crippen MR) is 78.4 cm³/mol. The van der Waals surface area contributed by atoms with Crippen LogP contribution in [0.5, 0.6) is 0 Å². The minimum Gasteiger partial charge on any atom is -0.616 e. The maximum Gasteiger partial charge on any atom is 0.315 e. The Morgan fingerprint density at radius 2 is 1.95 bits per heavy atom. The zero-order valence-electron chi connectivity index (χ0n) is 12.3. The van der Waals surface area contributed by atoms with Crippen molar-refractivity contribution in [1.82, 2.24) is 4.67 Å². The summed E-state index contributed by atoms with van der Waals surface area (Å²) in [6, 6.07) is -0.0185. The lowest BCUT2D eigenvalue weighted by molar-refractivity contribution is -0.250. The van der Waals surface area contributed by atoms with Crippen LogP contribution in [-0.2, 0) is 9.05 Å². The third-order valence-electron chi connectivity index (χ3n) is 3.11. The van der Waals surface area contributed by atoms with E-state index in [2.05, 4.69) is 20.1 Å². The third kappa shape index (κ3) is 4.37. The van der Waals surface area contributed by atoms with Crippen LogP contribution in [0.15, 0.2) is 25.3 Å². The van der Waals surface area contributed by atoms with Crippen molar-refractivity contribution in [2.45, 2.75) is 39.7 Å². The molecule has 0 aromatic carbocycles. The van der Waals surface area contributed by atoms with Gasteiger partial charge in [-0.2, -0.15) is 9.05 Å². The van der Waals surface area contributed by atoms with E-state index in [1.54, 1.807) is 16.8 Å². The van der Waals surface area contributed by atoms with Crippen molar-refractivity contribution in [3.05, 3.63) is 25.3 Å². The van der Waals surface area contributed by atoms with Crippen LogP contribution in [-0.4, -0.2) is 30.5 Å². The van der Waals surface area contributed by atoms with E-state index in [-0.39, 0.29) is 11.5 Å². The van der Waals surface area contributed by atoms with Gasteiger partial charge in [0.25, 0.3) is 0 Å². The van der Waals surface area contributed by atoms with Gasteiger partial charge in [0.2, 0.25) is 0 Å². The molecule has 4 nitrogen and oxygen atoms in total. The summed E-state index contributed by atoms with van der Waals surface area (Å²) in [5, 5.41) is 0.